The molecule has 4 rings (SSSR count). The van der Waals surface area contributed by atoms with Gasteiger partial charge in [-0.05, 0) is 28.8 Å². The Morgan fingerprint density at radius 2 is 1.31 bits per heavy atom. The van der Waals surface area contributed by atoms with E-state index in [9.17, 15) is 0 Å². The monoisotopic (exact) mass is 423 g/mol. The van der Waals surface area contributed by atoms with Crippen LogP contribution in [-0.4, -0.2) is 42.3 Å². The van der Waals surface area contributed by atoms with Crippen LogP contribution in [0.2, 0.25) is 10.0 Å². The molecule has 3 nitrogen and oxygen atoms in total. The summed E-state index contributed by atoms with van der Waals surface area (Å²) in [6.07, 6.45) is 1.85. The number of hydrogen-bond donors (Lipinski definition) is 0. The van der Waals surface area contributed by atoms with Crippen LogP contribution in [0.1, 0.15) is 22.7 Å². The molecule has 0 aliphatic carbocycles. The van der Waals surface area contributed by atoms with Crippen molar-refractivity contribution >= 4 is 29.4 Å². The molecule has 0 saturated carbocycles. The second-order valence-electron chi connectivity index (χ2n) is 7.13. The second-order valence-corrected chi connectivity index (χ2v) is 7.95. The van der Waals surface area contributed by atoms with Crippen LogP contribution < -0.4 is 0 Å². The number of hydrazone groups is 1. The molecule has 1 aliphatic heterocycles. The predicted molar refractivity (Wildman–Crippen MR) is 122 cm³/mol. The van der Waals surface area contributed by atoms with E-state index in [0.29, 0.717) is 10.0 Å². The third kappa shape index (κ3) is 4.99. The molecule has 1 fully saturated rings. The SMILES string of the molecule is Clc1ccc(/C=N/N2CCN(C(c3ccccc3)c3ccccc3)CC2)cc1Cl. The number of rotatable bonds is 5. The Morgan fingerprint density at radius 3 is 1.86 bits per heavy atom. The van der Waals surface area contributed by atoms with Crippen LogP contribution in [0.5, 0.6) is 0 Å². The largest absolute Gasteiger partial charge is 0.294 e. The molecule has 0 N–H and O–H groups in total. The molecular weight excluding hydrogens is 401 g/mol. The third-order valence-electron chi connectivity index (χ3n) is 5.20. The van der Waals surface area contributed by atoms with E-state index in [2.05, 4.69) is 75.7 Å². The minimum Gasteiger partial charge on any atom is -0.294 e. The Morgan fingerprint density at radius 1 is 0.724 bits per heavy atom. The standard InChI is InChI=1S/C24H23Cl2N3/c25-22-12-11-19(17-23(22)26)18-27-29-15-13-28(14-16-29)24(20-7-3-1-4-8-20)21-9-5-2-6-10-21/h1-12,17-18,24H,13-16H2/b27-18+. The van der Waals surface area contributed by atoms with Gasteiger partial charge in [-0.3, -0.25) is 9.91 Å². The molecule has 0 bridgehead atoms. The zero-order chi connectivity index (χ0) is 20.1. The summed E-state index contributed by atoms with van der Waals surface area (Å²) in [7, 11) is 0. The van der Waals surface area contributed by atoms with E-state index in [1.165, 1.54) is 11.1 Å². The Kier molecular flexibility index (Phi) is 6.50. The van der Waals surface area contributed by atoms with Gasteiger partial charge < -0.3 is 0 Å². The van der Waals surface area contributed by atoms with Crippen molar-refractivity contribution in [1.82, 2.24) is 9.91 Å². The van der Waals surface area contributed by atoms with E-state index in [4.69, 9.17) is 23.2 Å². The van der Waals surface area contributed by atoms with Gasteiger partial charge in [0, 0.05) is 26.2 Å². The van der Waals surface area contributed by atoms with Gasteiger partial charge in [-0.15, -0.1) is 0 Å². The molecule has 1 saturated heterocycles. The summed E-state index contributed by atoms with van der Waals surface area (Å²) in [5, 5.41) is 7.87. The van der Waals surface area contributed by atoms with E-state index >= 15 is 0 Å². The van der Waals surface area contributed by atoms with E-state index in [0.717, 1.165) is 31.7 Å². The first-order valence-electron chi connectivity index (χ1n) is 9.78. The Labute approximate surface area is 182 Å². The van der Waals surface area contributed by atoms with E-state index in [1.807, 2.05) is 18.3 Å². The highest BCUT2D eigenvalue weighted by molar-refractivity contribution is 6.42. The van der Waals surface area contributed by atoms with Crippen molar-refractivity contribution in [2.75, 3.05) is 26.2 Å². The van der Waals surface area contributed by atoms with E-state index in [-0.39, 0.29) is 6.04 Å². The van der Waals surface area contributed by atoms with Gasteiger partial charge >= 0.3 is 0 Å². The summed E-state index contributed by atoms with van der Waals surface area (Å²) in [5.41, 5.74) is 3.60. The fourth-order valence-corrected chi connectivity index (χ4v) is 4.02. The molecule has 0 spiro atoms. The maximum absolute atomic E-state index is 6.09. The fourth-order valence-electron chi connectivity index (χ4n) is 3.71. The van der Waals surface area contributed by atoms with Gasteiger partial charge in [0.2, 0.25) is 0 Å². The van der Waals surface area contributed by atoms with Crippen LogP contribution in [0.25, 0.3) is 0 Å². The molecule has 3 aromatic rings. The fraction of sp³-hybridized carbons (Fsp3) is 0.208. The predicted octanol–water partition coefficient (Wildman–Crippen LogP) is 5.73. The van der Waals surface area contributed by atoms with Gasteiger partial charge in [0.25, 0.3) is 0 Å². The lowest BCUT2D eigenvalue weighted by atomic mass is 9.96. The first kappa shape index (κ1) is 20.0. The number of hydrogen-bond acceptors (Lipinski definition) is 3. The average Bonchev–Trinajstić information content (AvgIpc) is 2.77. The van der Waals surface area contributed by atoms with Gasteiger partial charge in [-0.1, -0.05) is 89.9 Å². The number of nitrogens with zero attached hydrogens (tertiary/aromatic N) is 3. The molecule has 1 heterocycles. The minimum atomic E-state index is 0.263. The van der Waals surface area contributed by atoms with Crippen LogP contribution in [0, 0.1) is 0 Å². The lowest BCUT2D eigenvalue weighted by Crippen LogP contribution is -2.45. The molecule has 0 aromatic heterocycles. The van der Waals surface area contributed by atoms with Gasteiger partial charge in [0.15, 0.2) is 0 Å². The van der Waals surface area contributed by atoms with Gasteiger partial charge in [-0.25, -0.2) is 0 Å². The van der Waals surface area contributed by atoms with Crippen molar-refractivity contribution in [3.05, 3.63) is 106 Å². The summed E-state index contributed by atoms with van der Waals surface area (Å²) in [5.74, 6) is 0. The molecule has 0 atom stereocenters. The minimum absolute atomic E-state index is 0.263. The van der Waals surface area contributed by atoms with Crippen LogP contribution in [0.4, 0.5) is 0 Å². The zero-order valence-electron chi connectivity index (χ0n) is 16.1. The van der Waals surface area contributed by atoms with Crippen molar-refractivity contribution in [1.29, 1.82) is 0 Å². The first-order chi connectivity index (χ1) is 14.2. The van der Waals surface area contributed by atoms with Crippen molar-refractivity contribution in [3.63, 3.8) is 0 Å². The van der Waals surface area contributed by atoms with Crippen LogP contribution >= 0.6 is 23.2 Å². The normalized spacial score (nSPS) is 15.3. The quantitative estimate of drug-likeness (QED) is 0.487. The van der Waals surface area contributed by atoms with E-state index in [1.54, 1.807) is 6.07 Å². The number of piperazine rings is 1. The molecule has 0 radical (unpaired) electrons. The summed E-state index contributed by atoms with van der Waals surface area (Å²) in [6, 6.07) is 27.3. The summed E-state index contributed by atoms with van der Waals surface area (Å²) in [6.45, 7) is 3.67. The van der Waals surface area contributed by atoms with Crippen LogP contribution in [-0.2, 0) is 0 Å². The molecule has 0 unspecified atom stereocenters. The molecule has 29 heavy (non-hydrogen) atoms. The first-order valence-corrected chi connectivity index (χ1v) is 10.5. The van der Waals surface area contributed by atoms with Crippen molar-refractivity contribution < 1.29 is 0 Å². The number of benzene rings is 3. The van der Waals surface area contributed by atoms with Gasteiger partial charge in [0.1, 0.15) is 0 Å². The van der Waals surface area contributed by atoms with Crippen molar-refractivity contribution in [2.24, 2.45) is 5.10 Å². The van der Waals surface area contributed by atoms with Crippen LogP contribution in [0.3, 0.4) is 0 Å². The molecule has 5 heteroatoms. The summed E-state index contributed by atoms with van der Waals surface area (Å²) >= 11 is 12.1. The summed E-state index contributed by atoms with van der Waals surface area (Å²) in [4.78, 5) is 2.54. The zero-order valence-corrected chi connectivity index (χ0v) is 17.6. The molecule has 1 aliphatic rings. The number of halogens is 2. The van der Waals surface area contributed by atoms with Gasteiger partial charge in [-0.2, -0.15) is 5.10 Å². The van der Waals surface area contributed by atoms with Crippen molar-refractivity contribution in [2.45, 2.75) is 6.04 Å². The smallest absolute Gasteiger partial charge is 0.0603 e. The van der Waals surface area contributed by atoms with Gasteiger partial charge in [0.05, 0.1) is 22.3 Å². The average molecular weight is 424 g/mol. The maximum Gasteiger partial charge on any atom is 0.0603 e. The Balaban J connectivity index is 1.45. The van der Waals surface area contributed by atoms with E-state index < -0.39 is 0 Å². The highest BCUT2D eigenvalue weighted by Gasteiger charge is 2.25. The molecule has 148 valence electrons. The highest BCUT2D eigenvalue weighted by Crippen LogP contribution is 2.29. The Bertz CT molecular complexity index is 913. The van der Waals surface area contributed by atoms with Crippen molar-refractivity contribution in [3.8, 4) is 0 Å². The molecule has 3 aromatic carbocycles. The highest BCUT2D eigenvalue weighted by atomic mass is 35.5. The Hall–Kier alpha value is -2.33. The lowest BCUT2D eigenvalue weighted by Gasteiger charge is -2.38. The molecule has 0 amide bonds. The van der Waals surface area contributed by atoms with Crippen LogP contribution in [0.15, 0.2) is 84.0 Å². The lowest BCUT2D eigenvalue weighted by molar-refractivity contribution is 0.113. The maximum atomic E-state index is 6.09. The second kappa shape index (κ2) is 9.45. The molecular formula is C24H23Cl2N3. The third-order valence-corrected chi connectivity index (χ3v) is 5.94. The topological polar surface area (TPSA) is 18.8 Å². The summed E-state index contributed by atoms with van der Waals surface area (Å²) < 4.78 is 0.